The largest absolute Gasteiger partial charge is 0.496 e. The molecular formula is C34H29BrClFN4O4. The standard InChI is InChI=1S/C34H29BrClFN4O4/c1-19(2)26-16-27(20(3)12-30(26)44-4)33-40-29-11-6-5-10-25(29)34(43)41(33)38-17-21-13-22(36)14-28(35)32(21)45-18-31(42)39-24-9-7-8-23(37)15-24/h5-17,19H,18H2,1-4H3,(H,39,42). The van der Waals surface area contributed by atoms with Gasteiger partial charge in [-0.1, -0.05) is 43.6 Å². The Morgan fingerprint density at radius 3 is 2.64 bits per heavy atom. The van der Waals surface area contributed by atoms with E-state index in [2.05, 4.69) is 40.2 Å². The van der Waals surface area contributed by atoms with Crippen molar-refractivity contribution in [1.29, 1.82) is 0 Å². The van der Waals surface area contributed by atoms with Gasteiger partial charge in [-0.2, -0.15) is 9.78 Å². The number of carbonyl (C=O) groups is 1. The molecule has 5 rings (SSSR count). The van der Waals surface area contributed by atoms with Gasteiger partial charge in [0.2, 0.25) is 0 Å². The van der Waals surface area contributed by atoms with Gasteiger partial charge in [0.05, 0.1) is 28.7 Å². The lowest BCUT2D eigenvalue weighted by Gasteiger charge is -2.17. The lowest BCUT2D eigenvalue weighted by Crippen LogP contribution is -2.21. The number of halogens is 3. The van der Waals surface area contributed by atoms with Gasteiger partial charge in [-0.05, 0) is 94.5 Å². The minimum absolute atomic E-state index is 0.144. The van der Waals surface area contributed by atoms with Crippen molar-refractivity contribution in [2.75, 3.05) is 19.0 Å². The van der Waals surface area contributed by atoms with Gasteiger partial charge in [-0.25, -0.2) is 9.37 Å². The van der Waals surface area contributed by atoms with Crippen LogP contribution in [0.5, 0.6) is 11.5 Å². The number of aryl methyl sites for hydroxylation is 1. The van der Waals surface area contributed by atoms with Crippen molar-refractivity contribution in [2.45, 2.75) is 26.7 Å². The van der Waals surface area contributed by atoms with Crippen molar-refractivity contribution in [1.82, 2.24) is 9.66 Å². The van der Waals surface area contributed by atoms with Crippen molar-refractivity contribution >= 4 is 56.2 Å². The predicted octanol–water partition coefficient (Wildman–Crippen LogP) is 7.96. The molecule has 45 heavy (non-hydrogen) atoms. The maximum atomic E-state index is 13.9. The molecule has 1 heterocycles. The number of ether oxygens (including phenoxy) is 2. The maximum absolute atomic E-state index is 13.9. The Kier molecular flexibility index (Phi) is 9.65. The van der Waals surface area contributed by atoms with Crippen LogP contribution in [0, 0.1) is 12.7 Å². The molecule has 1 N–H and O–H groups in total. The average molecular weight is 692 g/mol. The predicted molar refractivity (Wildman–Crippen MR) is 179 cm³/mol. The highest BCUT2D eigenvalue weighted by atomic mass is 79.9. The maximum Gasteiger partial charge on any atom is 0.282 e. The number of hydrogen-bond acceptors (Lipinski definition) is 6. The smallest absolute Gasteiger partial charge is 0.282 e. The fraction of sp³-hybridized carbons (Fsp3) is 0.176. The van der Waals surface area contributed by atoms with Gasteiger partial charge in [-0.15, -0.1) is 0 Å². The third-order valence-corrected chi connectivity index (χ3v) is 7.81. The third kappa shape index (κ3) is 7.08. The molecular weight excluding hydrogens is 663 g/mol. The first-order valence-electron chi connectivity index (χ1n) is 14.0. The molecule has 0 aliphatic heterocycles. The number of rotatable bonds is 9. The Labute approximate surface area is 272 Å². The van der Waals surface area contributed by atoms with E-state index in [1.807, 2.05) is 25.1 Å². The first-order valence-corrected chi connectivity index (χ1v) is 15.1. The molecule has 11 heteroatoms. The van der Waals surface area contributed by atoms with Crippen LogP contribution in [0.1, 0.15) is 36.5 Å². The topological polar surface area (TPSA) is 94.8 Å². The number of benzene rings is 4. The summed E-state index contributed by atoms with van der Waals surface area (Å²) >= 11 is 9.82. The molecule has 8 nitrogen and oxygen atoms in total. The van der Waals surface area contributed by atoms with Crippen LogP contribution >= 0.6 is 27.5 Å². The number of carbonyl (C=O) groups excluding carboxylic acids is 1. The number of amides is 1. The fourth-order valence-corrected chi connectivity index (χ4v) is 5.77. The zero-order valence-electron chi connectivity index (χ0n) is 24.9. The highest BCUT2D eigenvalue weighted by Crippen LogP contribution is 2.35. The van der Waals surface area contributed by atoms with E-state index < -0.39 is 11.7 Å². The Morgan fingerprint density at radius 2 is 1.91 bits per heavy atom. The summed E-state index contributed by atoms with van der Waals surface area (Å²) in [6.45, 7) is 5.66. The molecule has 0 unspecified atom stereocenters. The highest BCUT2D eigenvalue weighted by Gasteiger charge is 2.19. The number of fused-ring (bicyclic) bond motifs is 1. The van der Waals surface area contributed by atoms with Gasteiger partial charge in [-0.3, -0.25) is 9.59 Å². The summed E-state index contributed by atoms with van der Waals surface area (Å²) in [5.41, 5.74) is 3.38. The number of methoxy groups -OCH3 is 1. The number of hydrogen-bond donors (Lipinski definition) is 1. The second kappa shape index (κ2) is 13.6. The first kappa shape index (κ1) is 31.9. The van der Waals surface area contributed by atoms with Crippen LogP contribution in [0.4, 0.5) is 10.1 Å². The van der Waals surface area contributed by atoms with E-state index >= 15 is 0 Å². The quantitative estimate of drug-likeness (QED) is 0.158. The van der Waals surface area contributed by atoms with Crippen molar-refractivity contribution in [3.05, 3.63) is 115 Å². The number of aromatic nitrogens is 2. The number of nitrogens with zero attached hydrogens (tertiary/aromatic N) is 3. The minimum Gasteiger partial charge on any atom is -0.496 e. The van der Waals surface area contributed by atoms with Crippen LogP contribution in [0.3, 0.4) is 0 Å². The Bertz CT molecular complexity index is 2010. The van der Waals surface area contributed by atoms with Crippen LogP contribution in [-0.4, -0.2) is 35.5 Å². The van der Waals surface area contributed by atoms with Gasteiger partial charge >= 0.3 is 0 Å². The third-order valence-electron chi connectivity index (χ3n) is 7.00. The molecule has 0 aliphatic rings. The summed E-state index contributed by atoms with van der Waals surface area (Å²) < 4.78 is 26.7. The zero-order valence-corrected chi connectivity index (χ0v) is 27.2. The molecule has 0 fully saturated rings. The van der Waals surface area contributed by atoms with Crippen molar-refractivity contribution in [3.8, 4) is 22.9 Å². The number of para-hydroxylation sites is 1. The molecule has 0 saturated carbocycles. The Balaban J connectivity index is 1.57. The summed E-state index contributed by atoms with van der Waals surface area (Å²) in [5.74, 6) is 0.523. The summed E-state index contributed by atoms with van der Waals surface area (Å²) in [7, 11) is 1.63. The zero-order chi connectivity index (χ0) is 32.2. The Hall–Kier alpha value is -4.54. The molecule has 4 aromatic carbocycles. The van der Waals surface area contributed by atoms with E-state index in [1.165, 1.54) is 29.1 Å². The summed E-state index contributed by atoms with van der Waals surface area (Å²) in [5, 5.41) is 7.95. The summed E-state index contributed by atoms with van der Waals surface area (Å²) in [6, 6.07) is 19.7. The van der Waals surface area contributed by atoms with Gasteiger partial charge < -0.3 is 14.8 Å². The molecule has 230 valence electrons. The number of nitrogens with one attached hydrogen (secondary N) is 1. The average Bonchev–Trinajstić information content (AvgIpc) is 2.99. The second-order valence-corrected chi connectivity index (χ2v) is 11.8. The fourth-order valence-electron chi connectivity index (χ4n) is 4.82. The first-order chi connectivity index (χ1) is 21.5. The molecule has 5 aromatic rings. The van der Waals surface area contributed by atoms with Gasteiger partial charge in [0.1, 0.15) is 17.3 Å². The molecule has 0 atom stereocenters. The van der Waals surface area contributed by atoms with Crippen molar-refractivity contribution in [3.63, 3.8) is 0 Å². The molecule has 1 amide bonds. The van der Waals surface area contributed by atoms with E-state index in [1.54, 1.807) is 43.5 Å². The highest BCUT2D eigenvalue weighted by molar-refractivity contribution is 9.10. The lowest BCUT2D eigenvalue weighted by atomic mass is 9.96. The van der Waals surface area contributed by atoms with Crippen LogP contribution in [0.15, 0.2) is 87.2 Å². The van der Waals surface area contributed by atoms with E-state index in [4.69, 9.17) is 26.1 Å². The van der Waals surface area contributed by atoms with Crippen LogP contribution in [0.25, 0.3) is 22.3 Å². The normalized spacial score (nSPS) is 11.4. The van der Waals surface area contributed by atoms with Gasteiger partial charge in [0.25, 0.3) is 11.5 Å². The van der Waals surface area contributed by atoms with E-state index in [0.29, 0.717) is 37.5 Å². The molecule has 0 saturated heterocycles. The van der Waals surface area contributed by atoms with Gasteiger partial charge in [0, 0.05) is 21.8 Å². The summed E-state index contributed by atoms with van der Waals surface area (Å²) in [6.07, 6.45) is 1.43. The molecule has 0 bridgehead atoms. The van der Waals surface area contributed by atoms with Crippen molar-refractivity contribution < 1.29 is 18.7 Å². The molecule has 0 spiro atoms. The number of anilines is 1. The molecule has 0 radical (unpaired) electrons. The van der Waals surface area contributed by atoms with E-state index in [0.717, 1.165) is 22.4 Å². The van der Waals surface area contributed by atoms with Crippen molar-refractivity contribution in [2.24, 2.45) is 5.10 Å². The van der Waals surface area contributed by atoms with Crippen LogP contribution in [0.2, 0.25) is 5.02 Å². The second-order valence-electron chi connectivity index (χ2n) is 10.5. The monoisotopic (exact) mass is 690 g/mol. The molecule has 1 aromatic heterocycles. The lowest BCUT2D eigenvalue weighted by molar-refractivity contribution is -0.118. The van der Waals surface area contributed by atoms with E-state index in [-0.39, 0.29) is 23.8 Å². The van der Waals surface area contributed by atoms with Crippen LogP contribution in [-0.2, 0) is 4.79 Å². The molecule has 0 aliphatic carbocycles. The summed E-state index contributed by atoms with van der Waals surface area (Å²) in [4.78, 5) is 31.3. The van der Waals surface area contributed by atoms with Crippen LogP contribution < -0.4 is 20.3 Å². The minimum atomic E-state index is -0.501. The Morgan fingerprint density at radius 1 is 1.13 bits per heavy atom. The SMILES string of the molecule is COc1cc(C)c(-c2nc3ccccc3c(=O)n2N=Cc2cc(Cl)cc(Br)c2OCC(=O)Nc2cccc(F)c2)cc1C(C)C. The van der Waals surface area contributed by atoms with E-state index in [9.17, 15) is 14.0 Å². The van der Waals surface area contributed by atoms with Gasteiger partial charge in [0.15, 0.2) is 12.4 Å².